The van der Waals surface area contributed by atoms with Crippen molar-refractivity contribution in [3.8, 4) is 0 Å². The van der Waals surface area contributed by atoms with E-state index in [1.165, 1.54) is 17.8 Å². The van der Waals surface area contributed by atoms with Gasteiger partial charge in [-0.15, -0.1) is 10.2 Å². The largest absolute Gasteiger partial charge is 0.341 e. The summed E-state index contributed by atoms with van der Waals surface area (Å²) in [6.45, 7) is 3.64. The standard InChI is InChI=1S/C18H21F2N5OS/c1-11(16(26)21-15-13(19)5-4-6-14(15)20)27-18-23-22-17(24-9-2-3-10-24)25(18)12-7-8-12/h4-6,11-12H,2-3,7-10H2,1H3,(H,21,26). The third kappa shape index (κ3) is 3.78. The summed E-state index contributed by atoms with van der Waals surface area (Å²) in [6.07, 6.45) is 4.45. The van der Waals surface area contributed by atoms with Crippen molar-refractivity contribution in [2.45, 2.75) is 49.1 Å². The lowest BCUT2D eigenvalue weighted by Gasteiger charge is -2.18. The number of thioether (sulfide) groups is 1. The van der Waals surface area contributed by atoms with E-state index >= 15 is 0 Å². The van der Waals surface area contributed by atoms with Gasteiger partial charge in [-0.3, -0.25) is 9.36 Å². The second kappa shape index (κ2) is 7.46. The number of aromatic nitrogens is 3. The minimum absolute atomic E-state index is 0.373. The number of rotatable bonds is 6. The van der Waals surface area contributed by atoms with Gasteiger partial charge in [-0.25, -0.2) is 8.78 Å². The topological polar surface area (TPSA) is 63.1 Å². The van der Waals surface area contributed by atoms with E-state index in [1.54, 1.807) is 6.92 Å². The summed E-state index contributed by atoms with van der Waals surface area (Å²) < 4.78 is 29.6. The minimum atomic E-state index is -0.794. The molecule has 1 aromatic carbocycles. The van der Waals surface area contributed by atoms with Crippen molar-refractivity contribution < 1.29 is 13.6 Å². The SMILES string of the molecule is CC(Sc1nnc(N2CCCC2)n1C1CC1)C(=O)Nc1c(F)cccc1F. The molecule has 2 aromatic rings. The lowest BCUT2D eigenvalue weighted by molar-refractivity contribution is -0.115. The molecule has 1 amide bonds. The second-order valence-electron chi connectivity index (χ2n) is 6.92. The van der Waals surface area contributed by atoms with Crippen LogP contribution in [-0.4, -0.2) is 39.0 Å². The molecule has 2 heterocycles. The van der Waals surface area contributed by atoms with Crippen molar-refractivity contribution in [1.82, 2.24) is 14.8 Å². The molecule has 27 heavy (non-hydrogen) atoms. The smallest absolute Gasteiger partial charge is 0.237 e. The van der Waals surface area contributed by atoms with Crippen LogP contribution in [0.3, 0.4) is 0 Å². The summed E-state index contributed by atoms with van der Waals surface area (Å²) in [5, 5.41) is 11.1. The molecule has 0 bridgehead atoms. The average Bonchev–Trinajstić information content (AvgIpc) is 3.17. The molecular weight excluding hydrogens is 372 g/mol. The van der Waals surface area contributed by atoms with E-state index in [0.29, 0.717) is 11.2 Å². The van der Waals surface area contributed by atoms with Gasteiger partial charge in [0.05, 0.1) is 5.25 Å². The molecule has 0 spiro atoms. The first-order valence-electron chi connectivity index (χ1n) is 9.16. The Labute approximate surface area is 160 Å². The van der Waals surface area contributed by atoms with Gasteiger partial charge in [0.15, 0.2) is 5.16 Å². The fourth-order valence-electron chi connectivity index (χ4n) is 3.19. The summed E-state index contributed by atoms with van der Waals surface area (Å²) in [5.41, 5.74) is -0.420. The lowest BCUT2D eigenvalue weighted by atomic mass is 10.3. The third-order valence-corrected chi connectivity index (χ3v) is 5.87. The molecule has 9 heteroatoms. The Morgan fingerprint density at radius 2 is 1.89 bits per heavy atom. The van der Waals surface area contributed by atoms with Gasteiger partial charge in [-0.2, -0.15) is 0 Å². The van der Waals surface area contributed by atoms with Crippen molar-refractivity contribution in [2.75, 3.05) is 23.3 Å². The number of para-hydroxylation sites is 1. The molecule has 1 unspecified atom stereocenters. The maximum Gasteiger partial charge on any atom is 0.237 e. The Morgan fingerprint density at radius 3 is 2.52 bits per heavy atom. The Kier molecular flexibility index (Phi) is 5.03. The van der Waals surface area contributed by atoms with E-state index in [4.69, 9.17) is 0 Å². The Balaban J connectivity index is 1.49. The molecule has 1 saturated carbocycles. The van der Waals surface area contributed by atoms with Crippen LogP contribution in [0.15, 0.2) is 23.4 Å². The number of nitrogens with one attached hydrogen (secondary N) is 1. The van der Waals surface area contributed by atoms with Crippen LogP contribution in [0.2, 0.25) is 0 Å². The number of nitrogens with zero attached hydrogens (tertiary/aromatic N) is 4. The quantitative estimate of drug-likeness (QED) is 0.760. The molecule has 0 radical (unpaired) electrons. The molecule has 1 aromatic heterocycles. The van der Waals surface area contributed by atoms with E-state index in [-0.39, 0.29) is 0 Å². The molecule has 2 aliphatic rings. The number of anilines is 2. The van der Waals surface area contributed by atoms with Gasteiger partial charge in [0.2, 0.25) is 11.9 Å². The average molecular weight is 393 g/mol. The van der Waals surface area contributed by atoms with Crippen LogP contribution in [0.25, 0.3) is 0 Å². The zero-order chi connectivity index (χ0) is 19.0. The highest BCUT2D eigenvalue weighted by Gasteiger charge is 2.33. The van der Waals surface area contributed by atoms with E-state index in [0.717, 1.165) is 56.9 Å². The molecule has 2 fully saturated rings. The fraction of sp³-hybridized carbons (Fsp3) is 0.500. The summed E-state index contributed by atoms with van der Waals surface area (Å²) in [7, 11) is 0. The number of amides is 1. The van der Waals surface area contributed by atoms with E-state index in [1.807, 2.05) is 0 Å². The van der Waals surface area contributed by atoms with E-state index < -0.39 is 28.5 Å². The highest BCUT2D eigenvalue weighted by atomic mass is 32.2. The first-order valence-corrected chi connectivity index (χ1v) is 10.0. The van der Waals surface area contributed by atoms with Crippen LogP contribution in [0.4, 0.5) is 20.4 Å². The second-order valence-corrected chi connectivity index (χ2v) is 8.23. The van der Waals surface area contributed by atoms with Gasteiger partial charge < -0.3 is 10.2 Å². The maximum absolute atomic E-state index is 13.8. The minimum Gasteiger partial charge on any atom is -0.341 e. The predicted octanol–water partition coefficient (Wildman–Crippen LogP) is 3.61. The summed E-state index contributed by atoms with van der Waals surface area (Å²) >= 11 is 1.26. The van der Waals surface area contributed by atoms with Gasteiger partial charge in [-0.05, 0) is 44.7 Å². The van der Waals surface area contributed by atoms with E-state index in [9.17, 15) is 13.6 Å². The highest BCUT2D eigenvalue weighted by Crippen LogP contribution is 2.42. The van der Waals surface area contributed by atoms with Gasteiger partial charge in [-0.1, -0.05) is 17.8 Å². The zero-order valence-corrected chi connectivity index (χ0v) is 15.8. The highest BCUT2D eigenvalue weighted by molar-refractivity contribution is 8.00. The molecule has 144 valence electrons. The normalized spacial score (nSPS) is 18.0. The molecule has 1 aliphatic carbocycles. The van der Waals surface area contributed by atoms with Crippen molar-refractivity contribution in [2.24, 2.45) is 0 Å². The van der Waals surface area contributed by atoms with Crippen molar-refractivity contribution >= 4 is 29.3 Å². The van der Waals surface area contributed by atoms with Crippen LogP contribution >= 0.6 is 11.8 Å². The van der Waals surface area contributed by atoms with Gasteiger partial charge in [0, 0.05) is 19.1 Å². The van der Waals surface area contributed by atoms with Crippen molar-refractivity contribution in [3.05, 3.63) is 29.8 Å². The van der Waals surface area contributed by atoms with Crippen LogP contribution in [0, 0.1) is 11.6 Å². The molecule has 6 nitrogen and oxygen atoms in total. The monoisotopic (exact) mass is 393 g/mol. The number of benzene rings is 1. The molecule has 1 saturated heterocycles. The number of hydrogen-bond acceptors (Lipinski definition) is 5. The first kappa shape index (κ1) is 18.2. The number of halogens is 2. The molecule has 1 atom stereocenters. The maximum atomic E-state index is 13.8. The van der Waals surface area contributed by atoms with Gasteiger partial charge in [0.25, 0.3) is 0 Å². The fourth-order valence-corrected chi connectivity index (χ4v) is 4.10. The number of hydrogen-bond donors (Lipinski definition) is 1. The van der Waals surface area contributed by atoms with Crippen LogP contribution in [-0.2, 0) is 4.79 Å². The lowest BCUT2D eigenvalue weighted by Crippen LogP contribution is -2.25. The number of carbonyl (C=O) groups excluding carboxylic acids is 1. The van der Waals surface area contributed by atoms with Crippen LogP contribution in [0.5, 0.6) is 0 Å². The van der Waals surface area contributed by atoms with Gasteiger partial charge in [0.1, 0.15) is 17.3 Å². The summed E-state index contributed by atoms with van der Waals surface area (Å²) in [5.74, 6) is -1.20. The predicted molar refractivity (Wildman–Crippen MR) is 100 cm³/mol. The molecular formula is C18H21F2N5OS. The molecule has 4 rings (SSSR count). The first-order chi connectivity index (χ1) is 13.0. The van der Waals surface area contributed by atoms with E-state index in [2.05, 4.69) is 25.0 Å². The van der Waals surface area contributed by atoms with Crippen LogP contribution < -0.4 is 10.2 Å². The summed E-state index contributed by atoms with van der Waals surface area (Å²) in [4.78, 5) is 14.7. The van der Waals surface area contributed by atoms with Crippen molar-refractivity contribution in [3.63, 3.8) is 0 Å². The van der Waals surface area contributed by atoms with Crippen molar-refractivity contribution in [1.29, 1.82) is 0 Å². The number of carbonyl (C=O) groups is 1. The van der Waals surface area contributed by atoms with Gasteiger partial charge >= 0.3 is 0 Å². The third-order valence-electron chi connectivity index (χ3n) is 4.81. The zero-order valence-electron chi connectivity index (χ0n) is 15.0. The summed E-state index contributed by atoms with van der Waals surface area (Å²) in [6, 6.07) is 3.86. The Hall–Kier alpha value is -2.16. The molecule has 1 N–H and O–H groups in total. The Bertz CT molecular complexity index is 828. The molecule has 1 aliphatic heterocycles. The van der Waals surface area contributed by atoms with Crippen LogP contribution in [0.1, 0.15) is 38.6 Å². The Morgan fingerprint density at radius 1 is 1.22 bits per heavy atom.